The molecule has 1 aromatic rings. The molecular formula is C16H28N2S. The third kappa shape index (κ3) is 3.03. The maximum absolute atomic E-state index is 4.98. The summed E-state index contributed by atoms with van der Waals surface area (Å²) < 4.78 is 0. The number of hydrogen-bond donors (Lipinski definition) is 1. The second-order valence-corrected chi connectivity index (χ2v) is 8.04. The second-order valence-electron chi connectivity index (χ2n) is 7.19. The van der Waals surface area contributed by atoms with Crippen molar-refractivity contribution in [1.29, 1.82) is 0 Å². The zero-order valence-corrected chi connectivity index (χ0v) is 14.0. The number of hydrogen-bond acceptors (Lipinski definition) is 3. The van der Waals surface area contributed by atoms with Crippen LogP contribution in [-0.2, 0) is 11.0 Å². The van der Waals surface area contributed by atoms with Gasteiger partial charge in [0.25, 0.3) is 0 Å². The first kappa shape index (κ1) is 15.0. The molecule has 1 fully saturated rings. The molecule has 3 heteroatoms. The molecule has 0 aromatic carbocycles. The second kappa shape index (κ2) is 5.17. The van der Waals surface area contributed by atoms with Crippen LogP contribution in [0, 0.1) is 5.92 Å². The Kier molecular flexibility index (Phi) is 4.08. The van der Waals surface area contributed by atoms with E-state index in [0.717, 1.165) is 6.42 Å². The van der Waals surface area contributed by atoms with Crippen molar-refractivity contribution in [2.45, 2.75) is 77.8 Å². The highest BCUT2D eigenvalue weighted by molar-refractivity contribution is 7.09. The lowest BCUT2D eigenvalue weighted by molar-refractivity contribution is 0.224. The normalized spacial score (nSPS) is 19.7. The molecule has 0 bridgehead atoms. The predicted molar refractivity (Wildman–Crippen MR) is 83.8 cm³/mol. The molecule has 1 aliphatic carbocycles. The van der Waals surface area contributed by atoms with Crippen LogP contribution in [0.2, 0.25) is 0 Å². The van der Waals surface area contributed by atoms with E-state index in [9.17, 15) is 0 Å². The number of thiazole rings is 1. The fraction of sp³-hybridized carbons (Fsp3) is 0.812. The standard InChI is InChI=1S/C16H28N2S/c1-7-16(11(2)3,18-12-8-9-12)14-17-13(10-19-14)15(4,5)6/h10-12,18H,7-9H2,1-6H3. The van der Waals surface area contributed by atoms with Crippen LogP contribution in [0.4, 0.5) is 0 Å². The van der Waals surface area contributed by atoms with Gasteiger partial charge in [-0.15, -0.1) is 11.3 Å². The molecule has 0 radical (unpaired) electrons. The summed E-state index contributed by atoms with van der Waals surface area (Å²) >= 11 is 1.83. The van der Waals surface area contributed by atoms with Gasteiger partial charge in [-0.2, -0.15) is 0 Å². The third-order valence-electron chi connectivity index (χ3n) is 4.24. The molecule has 1 atom stereocenters. The van der Waals surface area contributed by atoms with Gasteiger partial charge in [-0.3, -0.25) is 0 Å². The van der Waals surface area contributed by atoms with Gasteiger partial charge in [-0.1, -0.05) is 41.5 Å². The predicted octanol–water partition coefficient (Wildman–Crippen LogP) is 4.45. The van der Waals surface area contributed by atoms with E-state index in [4.69, 9.17) is 4.98 Å². The quantitative estimate of drug-likeness (QED) is 0.861. The molecule has 1 N–H and O–H groups in total. The van der Waals surface area contributed by atoms with Gasteiger partial charge in [0.15, 0.2) is 0 Å². The summed E-state index contributed by atoms with van der Waals surface area (Å²) in [5.74, 6) is 0.567. The van der Waals surface area contributed by atoms with Gasteiger partial charge in [0.05, 0.1) is 11.2 Å². The molecule has 108 valence electrons. The summed E-state index contributed by atoms with van der Waals surface area (Å²) in [6, 6.07) is 0.712. The highest BCUT2D eigenvalue weighted by atomic mass is 32.1. The van der Waals surface area contributed by atoms with Gasteiger partial charge in [-0.25, -0.2) is 4.98 Å². The Labute approximate surface area is 122 Å². The van der Waals surface area contributed by atoms with Gasteiger partial charge in [0.2, 0.25) is 0 Å². The van der Waals surface area contributed by atoms with E-state index < -0.39 is 0 Å². The maximum atomic E-state index is 4.98. The Hall–Kier alpha value is -0.410. The van der Waals surface area contributed by atoms with E-state index in [0.29, 0.717) is 12.0 Å². The number of nitrogens with one attached hydrogen (secondary N) is 1. The summed E-state index contributed by atoms with van der Waals surface area (Å²) in [6.07, 6.45) is 3.76. The first-order valence-corrected chi connectivity index (χ1v) is 8.41. The molecule has 1 saturated carbocycles. The lowest BCUT2D eigenvalue weighted by Crippen LogP contribution is -2.47. The van der Waals surface area contributed by atoms with E-state index in [-0.39, 0.29) is 11.0 Å². The monoisotopic (exact) mass is 280 g/mol. The molecule has 0 aliphatic heterocycles. The first-order valence-electron chi connectivity index (χ1n) is 7.53. The molecule has 0 saturated heterocycles. The van der Waals surface area contributed by atoms with Crippen LogP contribution < -0.4 is 5.32 Å². The van der Waals surface area contributed by atoms with Crippen molar-refractivity contribution >= 4 is 11.3 Å². The third-order valence-corrected chi connectivity index (χ3v) is 5.26. The summed E-state index contributed by atoms with van der Waals surface area (Å²) in [4.78, 5) is 4.98. The minimum Gasteiger partial charge on any atom is -0.302 e. The number of nitrogens with zero attached hydrogens (tertiary/aromatic N) is 1. The molecular weight excluding hydrogens is 252 g/mol. The minimum absolute atomic E-state index is 0.0648. The van der Waals surface area contributed by atoms with Gasteiger partial charge in [-0.05, 0) is 25.2 Å². The maximum Gasteiger partial charge on any atom is 0.113 e. The van der Waals surface area contributed by atoms with Crippen molar-refractivity contribution in [3.63, 3.8) is 0 Å². The minimum atomic E-state index is 0.0648. The topological polar surface area (TPSA) is 24.9 Å². The van der Waals surface area contributed by atoms with Crippen LogP contribution in [0.5, 0.6) is 0 Å². The van der Waals surface area contributed by atoms with E-state index >= 15 is 0 Å². The van der Waals surface area contributed by atoms with E-state index in [1.165, 1.54) is 23.5 Å². The van der Waals surface area contributed by atoms with Crippen LogP contribution in [-0.4, -0.2) is 11.0 Å². The van der Waals surface area contributed by atoms with Crippen LogP contribution in [0.1, 0.15) is 71.5 Å². The van der Waals surface area contributed by atoms with Gasteiger partial charge in [0, 0.05) is 16.8 Å². The van der Waals surface area contributed by atoms with Crippen LogP contribution >= 0.6 is 11.3 Å². The van der Waals surface area contributed by atoms with E-state index in [1.54, 1.807) is 0 Å². The Morgan fingerprint density at radius 2 is 2.00 bits per heavy atom. The van der Waals surface area contributed by atoms with Crippen LogP contribution in [0.3, 0.4) is 0 Å². The summed E-state index contributed by atoms with van der Waals surface area (Å²) in [5, 5.41) is 7.41. The molecule has 1 unspecified atom stereocenters. The fourth-order valence-electron chi connectivity index (χ4n) is 2.55. The van der Waals surface area contributed by atoms with Crippen molar-refractivity contribution < 1.29 is 0 Å². The number of aromatic nitrogens is 1. The highest BCUT2D eigenvalue weighted by Crippen LogP contribution is 2.39. The van der Waals surface area contributed by atoms with Crippen LogP contribution in [0.25, 0.3) is 0 Å². The fourth-order valence-corrected chi connectivity index (χ4v) is 3.98. The zero-order valence-electron chi connectivity index (χ0n) is 13.2. The Morgan fingerprint density at radius 1 is 1.37 bits per heavy atom. The summed E-state index contributed by atoms with van der Waals surface area (Å²) in [7, 11) is 0. The van der Waals surface area contributed by atoms with Gasteiger partial charge in [0.1, 0.15) is 5.01 Å². The van der Waals surface area contributed by atoms with E-state index in [2.05, 4.69) is 52.2 Å². The molecule has 2 rings (SSSR count). The Morgan fingerprint density at radius 3 is 2.37 bits per heavy atom. The van der Waals surface area contributed by atoms with Crippen molar-refractivity contribution in [3.05, 3.63) is 16.1 Å². The molecule has 19 heavy (non-hydrogen) atoms. The van der Waals surface area contributed by atoms with Crippen molar-refractivity contribution in [2.75, 3.05) is 0 Å². The smallest absolute Gasteiger partial charge is 0.113 e. The van der Waals surface area contributed by atoms with Crippen molar-refractivity contribution in [3.8, 4) is 0 Å². The molecule has 1 aromatic heterocycles. The Bertz CT molecular complexity index is 426. The molecule has 0 spiro atoms. The highest BCUT2D eigenvalue weighted by Gasteiger charge is 2.41. The average Bonchev–Trinajstić information content (AvgIpc) is 2.96. The molecule has 1 heterocycles. The molecule has 1 aliphatic rings. The number of rotatable bonds is 5. The van der Waals surface area contributed by atoms with Crippen LogP contribution in [0.15, 0.2) is 5.38 Å². The molecule has 0 amide bonds. The SMILES string of the molecule is CCC(NC1CC1)(c1nc(C(C)(C)C)cs1)C(C)C. The van der Waals surface area contributed by atoms with Gasteiger partial charge < -0.3 is 5.32 Å². The average molecular weight is 280 g/mol. The Balaban J connectivity index is 2.34. The first-order chi connectivity index (χ1) is 8.79. The summed E-state index contributed by atoms with van der Waals surface area (Å²) in [5.41, 5.74) is 1.43. The molecule has 2 nitrogen and oxygen atoms in total. The lowest BCUT2D eigenvalue weighted by atomic mass is 9.84. The van der Waals surface area contributed by atoms with E-state index in [1.807, 2.05) is 11.3 Å². The van der Waals surface area contributed by atoms with Gasteiger partial charge >= 0.3 is 0 Å². The zero-order chi connectivity index (χ0) is 14.3. The van der Waals surface area contributed by atoms with Crippen molar-refractivity contribution in [1.82, 2.24) is 10.3 Å². The largest absolute Gasteiger partial charge is 0.302 e. The summed E-state index contributed by atoms with van der Waals surface area (Å²) in [6.45, 7) is 13.6. The lowest BCUT2D eigenvalue weighted by Gasteiger charge is -2.36. The van der Waals surface area contributed by atoms with Crippen molar-refractivity contribution in [2.24, 2.45) is 5.92 Å².